The van der Waals surface area contributed by atoms with Crippen molar-refractivity contribution >= 4 is 46.3 Å². The minimum Gasteiger partial charge on any atom is -0.497 e. The predicted molar refractivity (Wildman–Crippen MR) is 109 cm³/mol. The van der Waals surface area contributed by atoms with Gasteiger partial charge in [0.25, 0.3) is 5.24 Å². The molecular formula is C19H18ClN3O4S. The van der Waals surface area contributed by atoms with Gasteiger partial charge in [0, 0.05) is 6.07 Å². The van der Waals surface area contributed by atoms with Gasteiger partial charge in [-0.2, -0.15) is 0 Å². The first-order valence-corrected chi connectivity index (χ1v) is 9.24. The zero-order chi connectivity index (χ0) is 18.8. The molecule has 1 unspecified atom stereocenters. The number of methoxy groups -OCH3 is 1. The van der Waals surface area contributed by atoms with Gasteiger partial charge < -0.3 is 14.5 Å². The summed E-state index contributed by atoms with van der Waals surface area (Å²) in [7, 11) is 1.62. The van der Waals surface area contributed by atoms with Crippen molar-refractivity contribution in [1.29, 1.82) is 0 Å². The summed E-state index contributed by atoms with van der Waals surface area (Å²) in [5.74, 6) is 1.95. The molecule has 28 heavy (non-hydrogen) atoms. The van der Waals surface area contributed by atoms with Crippen molar-refractivity contribution in [2.75, 3.05) is 7.11 Å². The number of hydrogen-bond acceptors (Lipinski definition) is 6. The van der Waals surface area contributed by atoms with Gasteiger partial charge in [0.05, 0.1) is 23.4 Å². The molecule has 0 saturated carbocycles. The van der Waals surface area contributed by atoms with E-state index in [2.05, 4.69) is 15.3 Å². The number of rotatable bonds is 6. The molecule has 2 amide bonds. The van der Waals surface area contributed by atoms with Gasteiger partial charge in [-0.25, -0.2) is 4.98 Å². The monoisotopic (exact) mass is 419 g/mol. The van der Waals surface area contributed by atoms with Gasteiger partial charge in [-0.15, -0.1) is 12.4 Å². The number of amides is 2. The number of fused-ring (bicyclic) bond motifs is 1. The second-order valence-electron chi connectivity index (χ2n) is 6.09. The Balaban J connectivity index is 0.00000225. The fourth-order valence-corrected chi connectivity index (χ4v) is 3.71. The van der Waals surface area contributed by atoms with E-state index in [0.29, 0.717) is 18.8 Å². The van der Waals surface area contributed by atoms with E-state index < -0.39 is 0 Å². The lowest BCUT2D eigenvalue weighted by Gasteiger charge is -2.07. The molecule has 146 valence electrons. The zero-order valence-corrected chi connectivity index (χ0v) is 16.6. The maximum absolute atomic E-state index is 11.6. The van der Waals surface area contributed by atoms with Crippen molar-refractivity contribution in [3.8, 4) is 11.5 Å². The van der Waals surface area contributed by atoms with Gasteiger partial charge in [-0.3, -0.25) is 14.9 Å². The Morgan fingerprint density at radius 2 is 1.86 bits per heavy atom. The lowest BCUT2D eigenvalue weighted by atomic mass is 10.1. The Kier molecular flexibility index (Phi) is 6.11. The number of thioether (sulfide) groups is 1. The van der Waals surface area contributed by atoms with E-state index >= 15 is 0 Å². The quantitative estimate of drug-likeness (QED) is 0.635. The number of aromatic amines is 1. The van der Waals surface area contributed by atoms with Crippen molar-refractivity contribution in [1.82, 2.24) is 15.3 Å². The highest BCUT2D eigenvalue weighted by Crippen LogP contribution is 2.24. The lowest BCUT2D eigenvalue weighted by molar-refractivity contribution is -0.118. The molecule has 1 aromatic heterocycles. The molecule has 1 aliphatic rings. The molecule has 0 bridgehead atoms. The summed E-state index contributed by atoms with van der Waals surface area (Å²) in [6.07, 6.45) is 0.508. The van der Waals surface area contributed by atoms with Gasteiger partial charge in [0.2, 0.25) is 5.91 Å². The van der Waals surface area contributed by atoms with Crippen LogP contribution >= 0.6 is 24.2 Å². The minimum atomic E-state index is -0.364. The summed E-state index contributed by atoms with van der Waals surface area (Å²) in [6.45, 7) is 0.311. The third-order valence-electron chi connectivity index (χ3n) is 4.23. The Labute approximate surface area is 171 Å². The average molecular weight is 420 g/mol. The van der Waals surface area contributed by atoms with Crippen LogP contribution < -0.4 is 14.8 Å². The normalized spacial score (nSPS) is 16.0. The molecule has 1 atom stereocenters. The van der Waals surface area contributed by atoms with Crippen LogP contribution in [0.25, 0.3) is 11.0 Å². The van der Waals surface area contributed by atoms with Gasteiger partial charge in [0.15, 0.2) is 0 Å². The number of carbonyl (C=O) groups excluding carboxylic acids is 2. The van der Waals surface area contributed by atoms with Gasteiger partial charge >= 0.3 is 0 Å². The van der Waals surface area contributed by atoms with Crippen molar-refractivity contribution in [2.45, 2.75) is 18.3 Å². The number of halogens is 1. The summed E-state index contributed by atoms with van der Waals surface area (Å²) < 4.78 is 11.0. The van der Waals surface area contributed by atoms with Crippen molar-refractivity contribution < 1.29 is 19.1 Å². The first-order chi connectivity index (χ1) is 13.1. The Bertz CT molecular complexity index is 1010. The predicted octanol–water partition coefficient (Wildman–Crippen LogP) is 3.47. The topological polar surface area (TPSA) is 93.3 Å². The summed E-state index contributed by atoms with van der Waals surface area (Å²) in [5, 5.41) is 1.65. The van der Waals surface area contributed by atoms with Crippen LogP contribution in [0, 0.1) is 0 Å². The van der Waals surface area contributed by atoms with E-state index in [1.165, 1.54) is 0 Å². The molecule has 0 radical (unpaired) electrons. The van der Waals surface area contributed by atoms with E-state index in [1.807, 2.05) is 42.5 Å². The summed E-state index contributed by atoms with van der Waals surface area (Å²) in [4.78, 5) is 30.6. The molecule has 1 saturated heterocycles. The Morgan fingerprint density at radius 3 is 2.54 bits per heavy atom. The van der Waals surface area contributed by atoms with E-state index in [0.717, 1.165) is 39.9 Å². The number of ether oxygens (including phenoxy) is 2. The molecule has 0 aliphatic carbocycles. The fourth-order valence-electron chi connectivity index (χ4n) is 2.85. The molecule has 1 aliphatic heterocycles. The van der Waals surface area contributed by atoms with Crippen LogP contribution in [0.4, 0.5) is 4.79 Å². The van der Waals surface area contributed by atoms with Crippen LogP contribution in [-0.2, 0) is 17.8 Å². The molecule has 3 aromatic rings. The van der Waals surface area contributed by atoms with Crippen LogP contribution in [0.1, 0.15) is 11.4 Å². The highest BCUT2D eigenvalue weighted by Gasteiger charge is 2.31. The Hall–Kier alpha value is -2.71. The molecule has 7 nitrogen and oxygen atoms in total. The molecule has 2 N–H and O–H groups in total. The third kappa shape index (κ3) is 4.40. The number of benzene rings is 2. The number of H-pyrrole nitrogens is 1. The molecule has 9 heteroatoms. The minimum absolute atomic E-state index is 0. The number of aromatic nitrogens is 2. The molecule has 1 fully saturated rings. The van der Waals surface area contributed by atoms with Crippen molar-refractivity contribution in [3.63, 3.8) is 0 Å². The van der Waals surface area contributed by atoms with Crippen molar-refractivity contribution in [3.05, 3.63) is 53.9 Å². The lowest BCUT2D eigenvalue weighted by Crippen LogP contribution is -2.25. The van der Waals surface area contributed by atoms with E-state index in [1.54, 1.807) is 7.11 Å². The summed E-state index contributed by atoms with van der Waals surface area (Å²) in [6, 6.07) is 13.2. The number of nitrogens with one attached hydrogen (secondary N) is 2. The number of carbonyl (C=O) groups is 2. The molecule has 2 heterocycles. The van der Waals surface area contributed by atoms with Crippen LogP contribution in [0.5, 0.6) is 11.5 Å². The molecular weight excluding hydrogens is 402 g/mol. The second-order valence-corrected chi connectivity index (χ2v) is 7.26. The standard InChI is InChI=1S/C19H17N3O4S.ClH/c1-25-13-6-7-14-15(9-13)21-17(20-14)10-26-12-4-2-11(3-5-12)8-16-18(23)22-19(24)27-16;/h2-7,9,16H,8,10H2,1H3,(H,20,21)(H,22,23,24);1H. The Morgan fingerprint density at radius 1 is 1.11 bits per heavy atom. The first kappa shape index (κ1) is 20.0. The number of imide groups is 1. The SMILES string of the molecule is COc1ccc2[nH]c(COc3ccc(CC4SC(=O)NC4=O)cc3)nc2c1.Cl. The van der Waals surface area contributed by atoms with Crippen LogP contribution in [0.15, 0.2) is 42.5 Å². The number of nitrogens with zero attached hydrogens (tertiary/aromatic N) is 1. The molecule has 0 spiro atoms. The maximum Gasteiger partial charge on any atom is 0.286 e. The maximum atomic E-state index is 11.6. The van der Waals surface area contributed by atoms with Crippen LogP contribution in [0.2, 0.25) is 0 Å². The smallest absolute Gasteiger partial charge is 0.286 e. The third-order valence-corrected chi connectivity index (χ3v) is 5.21. The fraction of sp³-hybridized carbons (Fsp3) is 0.211. The highest BCUT2D eigenvalue weighted by atomic mass is 35.5. The van der Waals surface area contributed by atoms with Gasteiger partial charge in [-0.05, 0) is 36.2 Å². The molecule has 4 rings (SSSR count). The first-order valence-electron chi connectivity index (χ1n) is 8.36. The van der Waals surface area contributed by atoms with Gasteiger partial charge in [0.1, 0.15) is 23.9 Å². The average Bonchev–Trinajstić information content (AvgIpc) is 3.22. The van der Waals surface area contributed by atoms with Crippen LogP contribution in [0.3, 0.4) is 0 Å². The van der Waals surface area contributed by atoms with Gasteiger partial charge in [-0.1, -0.05) is 23.9 Å². The van der Waals surface area contributed by atoms with Crippen molar-refractivity contribution in [2.24, 2.45) is 0 Å². The van der Waals surface area contributed by atoms with Crippen LogP contribution in [-0.4, -0.2) is 33.5 Å². The largest absolute Gasteiger partial charge is 0.497 e. The zero-order valence-electron chi connectivity index (χ0n) is 14.9. The van der Waals surface area contributed by atoms with E-state index in [9.17, 15) is 9.59 Å². The molecule has 2 aromatic carbocycles. The van der Waals surface area contributed by atoms with E-state index in [4.69, 9.17) is 9.47 Å². The summed E-state index contributed by atoms with van der Waals surface area (Å²) in [5.41, 5.74) is 2.72. The number of imidazole rings is 1. The summed E-state index contributed by atoms with van der Waals surface area (Å²) >= 11 is 1.03. The highest BCUT2D eigenvalue weighted by molar-refractivity contribution is 8.15. The van der Waals surface area contributed by atoms with E-state index in [-0.39, 0.29) is 28.8 Å². The number of hydrogen-bond donors (Lipinski definition) is 2. The second kappa shape index (κ2) is 8.53.